The van der Waals surface area contributed by atoms with Crippen LogP contribution in [-0.4, -0.2) is 26.6 Å². The van der Waals surface area contributed by atoms with Gasteiger partial charge in [0.25, 0.3) is 5.91 Å². The van der Waals surface area contributed by atoms with Crippen molar-refractivity contribution in [3.63, 3.8) is 0 Å². The van der Waals surface area contributed by atoms with Crippen LogP contribution in [0.5, 0.6) is 5.75 Å². The normalized spacial score (nSPS) is 16.8. The highest BCUT2D eigenvalue weighted by Gasteiger charge is 2.25. The molecule has 0 saturated carbocycles. The largest absolute Gasteiger partial charge is 0.496 e. The van der Waals surface area contributed by atoms with Crippen LogP contribution in [0.1, 0.15) is 28.4 Å². The Hall–Kier alpha value is -2.49. The summed E-state index contributed by atoms with van der Waals surface area (Å²) >= 11 is 0. The van der Waals surface area contributed by atoms with Gasteiger partial charge in [0.15, 0.2) is 0 Å². The van der Waals surface area contributed by atoms with Crippen molar-refractivity contribution in [1.29, 1.82) is 0 Å². The number of anilines is 1. The third-order valence-corrected chi connectivity index (χ3v) is 4.13. The van der Waals surface area contributed by atoms with E-state index in [0.29, 0.717) is 11.3 Å². The van der Waals surface area contributed by atoms with Gasteiger partial charge in [-0.1, -0.05) is 30.3 Å². The lowest BCUT2D eigenvalue weighted by molar-refractivity contribution is 0.0931. The first-order valence-corrected chi connectivity index (χ1v) is 7.44. The highest BCUT2D eigenvalue weighted by molar-refractivity contribution is 5.97. The van der Waals surface area contributed by atoms with E-state index in [2.05, 4.69) is 29.4 Å². The zero-order chi connectivity index (χ0) is 15.5. The van der Waals surface area contributed by atoms with Crippen molar-refractivity contribution >= 4 is 11.6 Å². The van der Waals surface area contributed by atoms with Gasteiger partial charge < -0.3 is 15.0 Å². The zero-order valence-corrected chi connectivity index (χ0v) is 12.9. The molecule has 1 aliphatic rings. The Morgan fingerprint density at radius 1 is 1.18 bits per heavy atom. The summed E-state index contributed by atoms with van der Waals surface area (Å²) in [5.74, 6) is 0.503. The number of ether oxygens (including phenoxy) is 1. The summed E-state index contributed by atoms with van der Waals surface area (Å²) in [4.78, 5) is 14.8. The summed E-state index contributed by atoms with van der Waals surface area (Å²) in [7, 11) is 3.66. The maximum absolute atomic E-state index is 12.6. The highest BCUT2D eigenvalue weighted by atomic mass is 16.5. The third-order valence-electron chi connectivity index (χ3n) is 4.13. The fourth-order valence-electron chi connectivity index (χ4n) is 2.95. The molecule has 1 heterocycles. The topological polar surface area (TPSA) is 41.6 Å². The number of hydrogen-bond donors (Lipinski definition) is 1. The second-order valence-electron chi connectivity index (χ2n) is 5.50. The van der Waals surface area contributed by atoms with Gasteiger partial charge in [0.1, 0.15) is 5.75 Å². The lowest BCUT2D eigenvalue weighted by atomic mass is 9.96. The SMILES string of the molecule is COc1ccccc1C(=O)NC1CCN(C)c2ccccc21. The number of fused-ring (bicyclic) bond motifs is 1. The minimum atomic E-state index is -0.0955. The summed E-state index contributed by atoms with van der Waals surface area (Å²) in [5.41, 5.74) is 2.92. The maximum Gasteiger partial charge on any atom is 0.255 e. The average molecular weight is 296 g/mol. The van der Waals surface area contributed by atoms with Crippen LogP contribution in [0.3, 0.4) is 0 Å². The van der Waals surface area contributed by atoms with Gasteiger partial charge in [-0.05, 0) is 30.2 Å². The van der Waals surface area contributed by atoms with Gasteiger partial charge in [0.2, 0.25) is 0 Å². The molecule has 114 valence electrons. The van der Waals surface area contributed by atoms with E-state index < -0.39 is 0 Å². The minimum Gasteiger partial charge on any atom is -0.496 e. The smallest absolute Gasteiger partial charge is 0.255 e. The van der Waals surface area contributed by atoms with Crippen molar-refractivity contribution in [2.24, 2.45) is 0 Å². The molecule has 0 spiro atoms. The molecule has 0 fully saturated rings. The number of para-hydroxylation sites is 2. The van der Waals surface area contributed by atoms with E-state index in [4.69, 9.17) is 4.74 Å². The number of carbonyl (C=O) groups excluding carboxylic acids is 1. The molecule has 0 radical (unpaired) electrons. The number of nitrogens with one attached hydrogen (secondary N) is 1. The van der Waals surface area contributed by atoms with E-state index in [1.165, 1.54) is 11.3 Å². The maximum atomic E-state index is 12.6. The molecule has 1 N–H and O–H groups in total. The standard InChI is InChI=1S/C18H20N2O2/c1-20-12-11-15(13-7-3-5-9-16(13)20)19-18(21)14-8-4-6-10-17(14)22-2/h3-10,15H,11-12H2,1-2H3,(H,19,21). The molecular weight excluding hydrogens is 276 g/mol. The van der Waals surface area contributed by atoms with Gasteiger partial charge in [-0.15, -0.1) is 0 Å². The van der Waals surface area contributed by atoms with Crippen LogP contribution in [0, 0.1) is 0 Å². The second-order valence-corrected chi connectivity index (χ2v) is 5.50. The second kappa shape index (κ2) is 6.10. The zero-order valence-electron chi connectivity index (χ0n) is 12.9. The van der Waals surface area contributed by atoms with E-state index in [0.717, 1.165) is 13.0 Å². The molecule has 2 aromatic carbocycles. The van der Waals surface area contributed by atoms with Crippen molar-refractivity contribution in [1.82, 2.24) is 5.32 Å². The Morgan fingerprint density at radius 3 is 2.73 bits per heavy atom. The van der Waals surface area contributed by atoms with E-state index in [1.54, 1.807) is 19.2 Å². The highest BCUT2D eigenvalue weighted by Crippen LogP contribution is 2.33. The molecular formula is C18H20N2O2. The first kappa shape index (κ1) is 14.4. The number of amides is 1. The van der Waals surface area contributed by atoms with Crippen molar-refractivity contribution < 1.29 is 9.53 Å². The molecule has 3 rings (SSSR count). The number of rotatable bonds is 3. The molecule has 4 heteroatoms. The van der Waals surface area contributed by atoms with E-state index in [1.807, 2.05) is 24.3 Å². The summed E-state index contributed by atoms with van der Waals surface area (Å²) in [6.07, 6.45) is 0.897. The molecule has 0 saturated heterocycles. The van der Waals surface area contributed by atoms with E-state index in [9.17, 15) is 4.79 Å². The predicted molar refractivity (Wildman–Crippen MR) is 87.5 cm³/mol. The average Bonchev–Trinajstić information content (AvgIpc) is 2.57. The monoisotopic (exact) mass is 296 g/mol. The first-order valence-electron chi connectivity index (χ1n) is 7.44. The Balaban J connectivity index is 1.85. The summed E-state index contributed by atoms with van der Waals surface area (Å²) in [6, 6.07) is 15.5. The quantitative estimate of drug-likeness (QED) is 0.946. The number of benzene rings is 2. The predicted octanol–water partition coefficient (Wildman–Crippen LogP) is 3.01. The van der Waals surface area contributed by atoms with Gasteiger partial charge in [-0.2, -0.15) is 0 Å². The molecule has 2 aromatic rings. The number of hydrogen-bond acceptors (Lipinski definition) is 3. The van der Waals surface area contributed by atoms with Gasteiger partial charge in [0, 0.05) is 19.3 Å². The minimum absolute atomic E-state index is 0.0322. The Morgan fingerprint density at radius 2 is 1.91 bits per heavy atom. The lowest BCUT2D eigenvalue weighted by Gasteiger charge is -2.33. The van der Waals surface area contributed by atoms with Crippen LogP contribution in [0.2, 0.25) is 0 Å². The van der Waals surface area contributed by atoms with Crippen molar-refractivity contribution in [3.05, 3.63) is 59.7 Å². The molecule has 0 aromatic heterocycles. The summed E-state index contributed by atoms with van der Waals surface area (Å²) in [5, 5.41) is 3.14. The van der Waals surface area contributed by atoms with Crippen molar-refractivity contribution in [3.8, 4) is 5.75 Å². The Bertz CT molecular complexity index is 684. The van der Waals surface area contributed by atoms with Crippen LogP contribution in [-0.2, 0) is 0 Å². The molecule has 1 amide bonds. The Kier molecular flexibility index (Phi) is 4.00. The van der Waals surface area contributed by atoms with E-state index in [-0.39, 0.29) is 11.9 Å². The van der Waals surface area contributed by atoms with Crippen molar-refractivity contribution in [2.75, 3.05) is 25.6 Å². The lowest BCUT2D eigenvalue weighted by Crippen LogP contribution is -2.36. The van der Waals surface area contributed by atoms with Gasteiger partial charge in [0.05, 0.1) is 18.7 Å². The molecule has 4 nitrogen and oxygen atoms in total. The summed E-state index contributed by atoms with van der Waals surface area (Å²) in [6.45, 7) is 0.924. The molecule has 1 aliphatic heterocycles. The first-order chi connectivity index (χ1) is 10.7. The van der Waals surface area contributed by atoms with Crippen LogP contribution < -0.4 is 15.0 Å². The summed E-state index contributed by atoms with van der Waals surface area (Å²) < 4.78 is 5.27. The molecule has 1 atom stereocenters. The van der Waals surface area contributed by atoms with Crippen LogP contribution >= 0.6 is 0 Å². The van der Waals surface area contributed by atoms with Gasteiger partial charge in [-0.3, -0.25) is 4.79 Å². The third kappa shape index (κ3) is 2.64. The number of carbonyl (C=O) groups is 1. The van der Waals surface area contributed by atoms with E-state index >= 15 is 0 Å². The van der Waals surface area contributed by atoms with Crippen LogP contribution in [0.4, 0.5) is 5.69 Å². The number of nitrogens with zero attached hydrogens (tertiary/aromatic N) is 1. The number of methoxy groups -OCH3 is 1. The van der Waals surface area contributed by atoms with Crippen LogP contribution in [0.15, 0.2) is 48.5 Å². The molecule has 0 aliphatic carbocycles. The van der Waals surface area contributed by atoms with Gasteiger partial charge in [-0.25, -0.2) is 0 Å². The molecule has 22 heavy (non-hydrogen) atoms. The Labute approximate surface area is 130 Å². The molecule has 0 bridgehead atoms. The van der Waals surface area contributed by atoms with Crippen LogP contribution in [0.25, 0.3) is 0 Å². The fraction of sp³-hybridized carbons (Fsp3) is 0.278. The molecule has 1 unspecified atom stereocenters. The fourth-order valence-corrected chi connectivity index (χ4v) is 2.95. The van der Waals surface area contributed by atoms with Gasteiger partial charge >= 0.3 is 0 Å². The van der Waals surface area contributed by atoms with Crippen molar-refractivity contribution in [2.45, 2.75) is 12.5 Å².